The van der Waals surface area contributed by atoms with Crippen LogP contribution in [-0.4, -0.2) is 27.3 Å². The molecule has 3 N–H and O–H groups in total. The number of nitrogens with two attached hydrogens (primary N) is 1. The van der Waals surface area contributed by atoms with Gasteiger partial charge in [-0.15, -0.1) is 0 Å². The van der Waals surface area contributed by atoms with Crippen LogP contribution in [-0.2, 0) is 9.84 Å². The largest absolute Gasteiger partial charge is 0.384 e. The molecule has 108 valence electrons. The van der Waals surface area contributed by atoms with Gasteiger partial charge in [0.05, 0.1) is 16.3 Å². The molecule has 0 saturated heterocycles. The highest BCUT2D eigenvalue weighted by molar-refractivity contribution is 7.91. The Hall–Kier alpha value is -1.07. The summed E-state index contributed by atoms with van der Waals surface area (Å²) in [5, 5.41) is 3.22. The van der Waals surface area contributed by atoms with Gasteiger partial charge in [-0.05, 0) is 37.9 Å². The Labute approximate surface area is 116 Å². The fraction of sp³-hybridized carbons (Fsp3) is 0.571. The van der Waals surface area contributed by atoms with Crippen molar-refractivity contribution in [2.75, 3.05) is 24.2 Å². The highest BCUT2D eigenvalue weighted by Gasteiger charge is 2.16. The topological polar surface area (TPSA) is 72.2 Å². The van der Waals surface area contributed by atoms with E-state index in [0.717, 1.165) is 25.8 Å². The molecule has 4 nitrogen and oxygen atoms in total. The van der Waals surface area contributed by atoms with E-state index in [1.54, 1.807) is 12.1 Å². The number of rotatable bonds is 9. The van der Waals surface area contributed by atoms with Crippen molar-refractivity contribution >= 4 is 15.5 Å². The van der Waals surface area contributed by atoms with E-state index in [4.69, 9.17) is 5.73 Å². The molecular formula is C14H24N2O2S. The number of sulfone groups is 1. The molecule has 1 rings (SSSR count). The van der Waals surface area contributed by atoms with Gasteiger partial charge in [0.2, 0.25) is 0 Å². The molecule has 0 spiro atoms. The van der Waals surface area contributed by atoms with E-state index in [2.05, 4.69) is 5.32 Å². The van der Waals surface area contributed by atoms with Gasteiger partial charge >= 0.3 is 0 Å². The van der Waals surface area contributed by atoms with Gasteiger partial charge in [-0.3, -0.25) is 0 Å². The van der Waals surface area contributed by atoms with Gasteiger partial charge in [-0.25, -0.2) is 8.42 Å². The predicted octanol–water partition coefficient (Wildman–Crippen LogP) is 2.41. The van der Waals surface area contributed by atoms with E-state index in [9.17, 15) is 8.42 Å². The molecule has 1 aromatic rings. The van der Waals surface area contributed by atoms with Gasteiger partial charge in [-0.2, -0.15) is 0 Å². The molecule has 0 aliphatic carbocycles. The minimum atomic E-state index is -3.17. The molecule has 0 aliphatic rings. The number of hydrogen-bond acceptors (Lipinski definition) is 4. The average molecular weight is 284 g/mol. The van der Waals surface area contributed by atoms with Crippen LogP contribution in [0.1, 0.15) is 32.6 Å². The van der Waals surface area contributed by atoms with Crippen LogP contribution in [0.15, 0.2) is 29.2 Å². The molecule has 0 fully saturated rings. The lowest BCUT2D eigenvalue weighted by atomic mass is 10.2. The molecule has 0 radical (unpaired) electrons. The summed E-state index contributed by atoms with van der Waals surface area (Å²) >= 11 is 0. The van der Waals surface area contributed by atoms with E-state index < -0.39 is 9.84 Å². The Kier molecular flexibility index (Phi) is 6.87. The molecule has 0 atom stereocenters. The third-order valence-corrected chi connectivity index (χ3v) is 4.86. The molecule has 0 aliphatic heterocycles. The summed E-state index contributed by atoms with van der Waals surface area (Å²) in [4.78, 5) is 0.413. The van der Waals surface area contributed by atoms with Crippen LogP contribution in [0.3, 0.4) is 0 Å². The summed E-state index contributed by atoms with van der Waals surface area (Å²) in [6, 6.07) is 7.12. The van der Waals surface area contributed by atoms with Crippen molar-refractivity contribution in [3.63, 3.8) is 0 Å². The first-order chi connectivity index (χ1) is 9.11. The SMILES string of the molecule is CCCS(=O)(=O)c1ccccc1NCCCCCN. The minimum Gasteiger partial charge on any atom is -0.384 e. The summed E-state index contributed by atoms with van der Waals surface area (Å²) < 4.78 is 24.3. The average Bonchev–Trinajstić information content (AvgIpc) is 2.39. The molecule has 1 aromatic carbocycles. The van der Waals surface area contributed by atoms with Crippen molar-refractivity contribution in [1.29, 1.82) is 0 Å². The number of benzene rings is 1. The van der Waals surface area contributed by atoms with Crippen molar-refractivity contribution in [3.8, 4) is 0 Å². The smallest absolute Gasteiger partial charge is 0.180 e. The van der Waals surface area contributed by atoms with Crippen LogP contribution in [0.4, 0.5) is 5.69 Å². The van der Waals surface area contributed by atoms with Gasteiger partial charge in [0.15, 0.2) is 9.84 Å². The van der Waals surface area contributed by atoms with Crippen molar-refractivity contribution in [3.05, 3.63) is 24.3 Å². The second kappa shape index (κ2) is 8.17. The normalized spacial score (nSPS) is 11.5. The van der Waals surface area contributed by atoms with Crippen LogP contribution in [0.2, 0.25) is 0 Å². The predicted molar refractivity (Wildman–Crippen MR) is 80.2 cm³/mol. The van der Waals surface area contributed by atoms with E-state index in [1.807, 2.05) is 19.1 Å². The van der Waals surface area contributed by atoms with Gasteiger partial charge in [0, 0.05) is 6.54 Å². The number of hydrogen-bond donors (Lipinski definition) is 2. The summed E-state index contributed by atoms with van der Waals surface area (Å²) in [6.45, 7) is 3.36. The molecule has 0 heterocycles. The molecular weight excluding hydrogens is 260 g/mol. The van der Waals surface area contributed by atoms with Gasteiger partial charge in [0.25, 0.3) is 0 Å². The zero-order valence-electron chi connectivity index (χ0n) is 11.6. The Morgan fingerprint density at radius 2 is 1.89 bits per heavy atom. The first kappa shape index (κ1) is 16.0. The van der Waals surface area contributed by atoms with E-state index in [1.165, 1.54) is 0 Å². The minimum absolute atomic E-state index is 0.193. The third kappa shape index (κ3) is 5.20. The summed E-state index contributed by atoms with van der Waals surface area (Å²) in [6.07, 6.45) is 3.71. The number of unbranched alkanes of at least 4 members (excludes halogenated alkanes) is 2. The maximum Gasteiger partial charge on any atom is 0.180 e. The first-order valence-electron chi connectivity index (χ1n) is 6.87. The van der Waals surface area contributed by atoms with Gasteiger partial charge in [0.1, 0.15) is 0 Å². The van der Waals surface area contributed by atoms with Crippen LogP contribution >= 0.6 is 0 Å². The lowest BCUT2D eigenvalue weighted by Gasteiger charge is -2.12. The van der Waals surface area contributed by atoms with Gasteiger partial charge in [-0.1, -0.05) is 25.5 Å². The standard InChI is InChI=1S/C14H24N2O2S/c1-2-12-19(17,18)14-9-5-4-8-13(14)16-11-7-3-6-10-15/h4-5,8-9,16H,2-3,6-7,10-12,15H2,1H3. The van der Waals surface area contributed by atoms with E-state index >= 15 is 0 Å². The Morgan fingerprint density at radius 1 is 1.16 bits per heavy atom. The Morgan fingerprint density at radius 3 is 2.58 bits per heavy atom. The van der Waals surface area contributed by atoms with Crippen LogP contribution in [0.25, 0.3) is 0 Å². The zero-order valence-corrected chi connectivity index (χ0v) is 12.4. The lowest BCUT2D eigenvalue weighted by molar-refractivity contribution is 0.595. The van der Waals surface area contributed by atoms with Crippen molar-refractivity contribution in [2.45, 2.75) is 37.5 Å². The van der Waals surface area contributed by atoms with Crippen molar-refractivity contribution in [2.24, 2.45) is 5.73 Å². The molecule has 19 heavy (non-hydrogen) atoms. The van der Waals surface area contributed by atoms with Crippen LogP contribution in [0, 0.1) is 0 Å². The maximum atomic E-state index is 12.1. The maximum absolute atomic E-state index is 12.1. The monoisotopic (exact) mass is 284 g/mol. The fourth-order valence-electron chi connectivity index (χ4n) is 1.93. The van der Waals surface area contributed by atoms with Crippen LogP contribution in [0.5, 0.6) is 0 Å². The number of nitrogens with one attached hydrogen (secondary N) is 1. The second-order valence-electron chi connectivity index (χ2n) is 4.59. The van der Waals surface area contributed by atoms with E-state index in [0.29, 0.717) is 23.5 Å². The summed E-state index contributed by atoms with van der Waals surface area (Å²) in [5.74, 6) is 0.193. The summed E-state index contributed by atoms with van der Waals surface area (Å²) in [7, 11) is -3.17. The summed E-state index contributed by atoms with van der Waals surface area (Å²) in [5.41, 5.74) is 6.15. The van der Waals surface area contributed by atoms with Crippen molar-refractivity contribution < 1.29 is 8.42 Å². The molecule has 0 unspecified atom stereocenters. The highest BCUT2D eigenvalue weighted by Crippen LogP contribution is 2.22. The van der Waals surface area contributed by atoms with Crippen LogP contribution < -0.4 is 11.1 Å². The number of para-hydroxylation sites is 1. The zero-order chi connectivity index (χ0) is 14.1. The van der Waals surface area contributed by atoms with Crippen molar-refractivity contribution in [1.82, 2.24) is 0 Å². The fourth-order valence-corrected chi connectivity index (χ4v) is 3.45. The van der Waals surface area contributed by atoms with Gasteiger partial charge < -0.3 is 11.1 Å². The molecule has 0 saturated carbocycles. The quantitative estimate of drug-likeness (QED) is 0.683. The Balaban J connectivity index is 2.68. The molecule has 0 amide bonds. The van der Waals surface area contributed by atoms with E-state index in [-0.39, 0.29) is 5.75 Å². The lowest BCUT2D eigenvalue weighted by Crippen LogP contribution is -2.11. The number of anilines is 1. The Bertz CT molecular complexity index is 472. The molecule has 0 bridgehead atoms. The molecule has 5 heteroatoms. The second-order valence-corrected chi connectivity index (χ2v) is 6.67. The first-order valence-corrected chi connectivity index (χ1v) is 8.52. The highest BCUT2D eigenvalue weighted by atomic mass is 32.2. The third-order valence-electron chi connectivity index (χ3n) is 2.89. The molecule has 0 aromatic heterocycles.